The Hall–Kier alpha value is -5.42. The highest BCUT2D eigenvalue weighted by Gasteiger charge is 2.26. The Kier molecular flexibility index (Phi) is 10.8. The number of nitrogens with zero attached hydrogens (tertiary/aromatic N) is 2. The Morgan fingerprint density at radius 2 is 1.57 bits per heavy atom. The number of aliphatic carboxylic acids is 1. The van der Waals surface area contributed by atoms with Crippen LogP contribution in [-0.4, -0.2) is 44.9 Å². The molecule has 2 unspecified atom stereocenters. The molecule has 9 nitrogen and oxygen atoms in total. The van der Waals surface area contributed by atoms with Crippen molar-refractivity contribution in [1.82, 2.24) is 20.6 Å². The Morgan fingerprint density at radius 3 is 2.18 bits per heavy atom. The number of hydrogen-bond donors (Lipinski definition) is 3. The van der Waals surface area contributed by atoms with Gasteiger partial charge >= 0.3 is 5.97 Å². The van der Waals surface area contributed by atoms with Gasteiger partial charge in [-0.2, -0.15) is 0 Å². The first-order valence-corrected chi connectivity index (χ1v) is 16.5. The van der Waals surface area contributed by atoms with E-state index in [1.54, 1.807) is 54.9 Å². The van der Waals surface area contributed by atoms with E-state index in [4.69, 9.17) is 4.74 Å². The number of rotatable bonds is 12. The molecule has 0 bridgehead atoms. The van der Waals surface area contributed by atoms with Crippen LogP contribution in [0.1, 0.15) is 53.4 Å². The summed E-state index contributed by atoms with van der Waals surface area (Å²) in [6.45, 7) is 7.84. The Labute approximate surface area is 288 Å². The summed E-state index contributed by atoms with van der Waals surface area (Å²) in [6, 6.07) is 22.9. The average Bonchev–Trinajstić information content (AvgIpc) is 3.60. The number of hydrogen-bond acceptors (Lipinski definition) is 7. The number of thiophene rings is 1. The van der Waals surface area contributed by atoms with E-state index in [1.165, 1.54) is 24.3 Å². The number of carbonyl (C=O) groups excluding carboxylic acids is 2. The standard InChI is InChI=1S/C38H37FN4O5S/c1-23(37(46)47)42-35(44)31(43-36(45)32-16-17-33(49-32)38(2,3)4)18-24-10-12-26(13-11-24)34-40-20-27(21-41-34)29-15-14-28(19-30(29)39)48-22-25-8-6-5-7-9-25/h5-17,19-21,23,31H,18,22H2,1-4H3,(H,42,44)(H,43,45)(H,46,47). The van der Waals surface area contributed by atoms with Crippen molar-refractivity contribution in [2.24, 2.45) is 0 Å². The second-order valence-corrected chi connectivity index (χ2v) is 13.7. The van der Waals surface area contributed by atoms with E-state index in [0.717, 1.165) is 16.0 Å². The fourth-order valence-electron chi connectivity index (χ4n) is 4.88. The van der Waals surface area contributed by atoms with E-state index in [2.05, 4.69) is 41.4 Å². The molecule has 0 aliphatic carbocycles. The van der Waals surface area contributed by atoms with Gasteiger partial charge in [-0.25, -0.2) is 14.4 Å². The van der Waals surface area contributed by atoms with Gasteiger partial charge in [0, 0.05) is 46.4 Å². The summed E-state index contributed by atoms with van der Waals surface area (Å²) in [5, 5.41) is 14.5. The number of carboxylic acid groups (broad SMARTS) is 1. The fraction of sp³-hybridized carbons (Fsp3) is 0.237. The van der Waals surface area contributed by atoms with Crippen molar-refractivity contribution in [2.45, 2.75) is 58.2 Å². The van der Waals surface area contributed by atoms with E-state index in [9.17, 15) is 19.5 Å². The fourth-order valence-corrected chi connectivity index (χ4v) is 5.85. The number of nitrogens with one attached hydrogen (secondary N) is 2. The number of benzene rings is 3. The number of halogens is 1. The lowest BCUT2D eigenvalue weighted by atomic mass is 9.95. The summed E-state index contributed by atoms with van der Waals surface area (Å²) >= 11 is 1.35. The zero-order chi connectivity index (χ0) is 35.1. The molecule has 5 aromatic rings. The van der Waals surface area contributed by atoms with Crippen LogP contribution in [0.25, 0.3) is 22.5 Å². The van der Waals surface area contributed by atoms with Crippen LogP contribution >= 0.6 is 11.3 Å². The van der Waals surface area contributed by atoms with Crippen LogP contribution in [0, 0.1) is 5.82 Å². The Morgan fingerprint density at radius 1 is 0.878 bits per heavy atom. The molecule has 2 aromatic heterocycles. The third kappa shape index (κ3) is 9.14. The molecular weight excluding hydrogens is 644 g/mol. The zero-order valence-corrected chi connectivity index (χ0v) is 28.4. The van der Waals surface area contributed by atoms with Gasteiger partial charge in [-0.05, 0) is 47.7 Å². The quantitative estimate of drug-likeness (QED) is 0.132. The van der Waals surface area contributed by atoms with Crippen LogP contribution in [0.15, 0.2) is 97.3 Å². The summed E-state index contributed by atoms with van der Waals surface area (Å²) in [6.07, 6.45) is 3.22. The molecule has 0 aliphatic rings. The molecule has 0 fully saturated rings. The number of amides is 2. The molecule has 0 radical (unpaired) electrons. The van der Waals surface area contributed by atoms with Crippen LogP contribution < -0.4 is 15.4 Å². The van der Waals surface area contributed by atoms with Gasteiger partial charge in [0.1, 0.15) is 30.3 Å². The normalized spacial score (nSPS) is 12.5. The van der Waals surface area contributed by atoms with Gasteiger partial charge < -0.3 is 20.5 Å². The van der Waals surface area contributed by atoms with Gasteiger partial charge in [0.05, 0.1) is 4.88 Å². The molecule has 252 valence electrons. The first-order chi connectivity index (χ1) is 23.4. The molecule has 0 aliphatic heterocycles. The van der Waals surface area contributed by atoms with E-state index < -0.39 is 35.7 Å². The summed E-state index contributed by atoms with van der Waals surface area (Å²) in [4.78, 5) is 48.0. The largest absolute Gasteiger partial charge is 0.489 e. The highest BCUT2D eigenvalue weighted by molar-refractivity contribution is 7.14. The Bertz CT molecular complexity index is 1920. The molecule has 5 rings (SSSR count). The minimum absolute atomic E-state index is 0.117. The van der Waals surface area contributed by atoms with Crippen molar-refractivity contribution in [3.63, 3.8) is 0 Å². The summed E-state index contributed by atoms with van der Waals surface area (Å²) in [5.74, 6) is -1.83. The van der Waals surface area contributed by atoms with Gasteiger partial charge in [-0.3, -0.25) is 14.4 Å². The molecule has 11 heteroatoms. The van der Waals surface area contributed by atoms with Gasteiger partial charge in [0.25, 0.3) is 5.91 Å². The summed E-state index contributed by atoms with van der Waals surface area (Å²) in [5.41, 5.74) is 3.11. The smallest absolute Gasteiger partial charge is 0.325 e. The van der Waals surface area contributed by atoms with Crippen molar-refractivity contribution in [3.8, 4) is 28.3 Å². The molecule has 2 amide bonds. The van der Waals surface area contributed by atoms with Crippen molar-refractivity contribution in [3.05, 3.63) is 124 Å². The number of carbonyl (C=O) groups is 3. The van der Waals surface area contributed by atoms with Gasteiger partial charge in [0.2, 0.25) is 5.91 Å². The van der Waals surface area contributed by atoms with Crippen molar-refractivity contribution < 1.29 is 28.6 Å². The molecule has 2 heterocycles. The van der Waals surface area contributed by atoms with Crippen molar-refractivity contribution in [1.29, 1.82) is 0 Å². The Balaban J connectivity index is 1.26. The first kappa shape index (κ1) is 34.9. The van der Waals surface area contributed by atoms with Crippen LogP contribution in [0.5, 0.6) is 5.75 Å². The van der Waals surface area contributed by atoms with Crippen LogP contribution in [0.3, 0.4) is 0 Å². The van der Waals surface area contributed by atoms with E-state index in [0.29, 0.717) is 39.7 Å². The molecular formula is C38H37FN4O5S. The molecule has 49 heavy (non-hydrogen) atoms. The summed E-state index contributed by atoms with van der Waals surface area (Å²) < 4.78 is 20.7. The van der Waals surface area contributed by atoms with Gasteiger partial charge in [0.15, 0.2) is 5.82 Å². The third-order valence-electron chi connectivity index (χ3n) is 7.72. The van der Waals surface area contributed by atoms with E-state index in [1.807, 2.05) is 36.4 Å². The molecule has 0 saturated carbocycles. The van der Waals surface area contributed by atoms with Crippen molar-refractivity contribution >= 4 is 29.1 Å². The third-order valence-corrected chi connectivity index (χ3v) is 9.23. The molecule has 0 saturated heterocycles. The number of aromatic nitrogens is 2. The topological polar surface area (TPSA) is 131 Å². The molecule has 0 spiro atoms. The SMILES string of the molecule is CC(NC(=O)C(Cc1ccc(-c2ncc(-c3ccc(OCc4ccccc4)cc3F)cn2)cc1)NC(=O)c1ccc(C(C)(C)C)s1)C(=O)O. The van der Waals surface area contributed by atoms with Crippen LogP contribution in [-0.2, 0) is 28.0 Å². The monoisotopic (exact) mass is 680 g/mol. The lowest BCUT2D eigenvalue weighted by molar-refractivity contribution is -0.141. The van der Waals surface area contributed by atoms with Crippen molar-refractivity contribution in [2.75, 3.05) is 0 Å². The highest BCUT2D eigenvalue weighted by atomic mass is 32.1. The lowest BCUT2D eigenvalue weighted by Crippen LogP contribution is -2.51. The maximum absolute atomic E-state index is 15.0. The van der Waals surface area contributed by atoms with Crippen LogP contribution in [0.4, 0.5) is 4.39 Å². The van der Waals surface area contributed by atoms with E-state index >= 15 is 4.39 Å². The zero-order valence-electron chi connectivity index (χ0n) is 27.6. The van der Waals surface area contributed by atoms with Gasteiger partial charge in [-0.15, -0.1) is 11.3 Å². The average molecular weight is 681 g/mol. The second kappa shape index (κ2) is 15.2. The lowest BCUT2D eigenvalue weighted by Gasteiger charge is -2.20. The maximum atomic E-state index is 15.0. The minimum atomic E-state index is -1.19. The first-order valence-electron chi connectivity index (χ1n) is 15.7. The predicted molar refractivity (Wildman–Crippen MR) is 187 cm³/mol. The minimum Gasteiger partial charge on any atom is -0.489 e. The molecule has 3 N–H and O–H groups in total. The maximum Gasteiger partial charge on any atom is 0.325 e. The number of ether oxygens (including phenoxy) is 1. The van der Waals surface area contributed by atoms with Crippen LogP contribution in [0.2, 0.25) is 0 Å². The summed E-state index contributed by atoms with van der Waals surface area (Å²) in [7, 11) is 0. The predicted octanol–water partition coefficient (Wildman–Crippen LogP) is 6.82. The van der Waals surface area contributed by atoms with E-state index in [-0.39, 0.29) is 11.8 Å². The molecule has 2 atom stereocenters. The molecule has 3 aromatic carbocycles. The second-order valence-electron chi connectivity index (χ2n) is 12.6. The highest BCUT2D eigenvalue weighted by Crippen LogP contribution is 2.30. The number of carboxylic acids is 1. The van der Waals surface area contributed by atoms with Gasteiger partial charge in [-0.1, -0.05) is 75.4 Å².